The van der Waals surface area contributed by atoms with Crippen LogP contribution >= 0.6 is 27.3 Å². The predicted molar refractivity (Wildman–Crippen MR) is 94.2 cm³/mol. The Morgan fingerprint density at radius 2 is 2.17 bits per heavy atom. The summed E-state index contributed by atoms with van der Waals surface area (Å²) in [6.07, 6.45) is 3.54. The third-order valence-corrected chi connectivity index (χ3v) is 5.31. The van der Waals surface area contributed by atoms with E-state index in [0.717, 1.165) is 52.8 Å². The second-order valence-corrected chi connectivity index (χ2v) is 8.01. The summed E-state index contributed by atoms with van der Waals surface area (Å²) in [5, 5.41) is 3.90. The maximum Gasteiger partial charge on any atom is 0.246 e. The Hall–Kier alpha value is -1.44. The number of halogens is 1. The molecule has 0 bridgehead atoms. The number of rotatable bonds is 4. The smallest absolute Gasteiger partial charge is 0.246 e. The molecule has 0 unspecified atom stereocenters. The number of aromatic nitrogens is 1. The molecular weight excluding hydrogens is 378 g/mol. The average molecular weight is 396 g/mol. The first-order chi connectivity index (χ1) is 11.1. The van der Waals surface area contributed by atoms with Crippen molar-refractivity contribution in [3.63, 3.8) is 0 Å². The molecule has 0 N–H and O–H groups in total. The minimum absolute atomic E-state index is 0.0738. The number of carbonyl (C=O) groups is 1. The highest BCUT2D eigenvalue weighted by atomic mass is 79.9. The lowest BCUT2D eigenvalue weighted by molar-refractivity contribution is -0.127. The number of nitrogens with zero attached hydrogens (tertiary/aromatic N) is 3. The number of amides is 1. The zero-order valence-electron chi connectivity index (χ0n) is 12.9. The second-order valence-electron chi connectivity index (χ2n) is 5.51. The Balaban J connectivity index is 1.48. The minimum Gasteiger partial charge on any atom is -0.360 e. The Labute approximate surface area is 147 Å². The molecule has 0 aliphatic carbocycles. The molecule has 3 heterocycles. The van der Waals surface area contributed by atoms with Crippen LogP contribution < -0.4 is 0 Å². The fourth-order valence-electron chi connectivity index (χ4n) is 2.51. The topological polar surface area (TPSA) is 49.6 Å². The third kappa shape index (κ3) is 4.53. The summed E-state index contributed by atoms with van der Waals surface area (Å²) in [5.74, 6) is 0.954. The van der Waals surface area contributed by atoms with Crippen LogP contribution in [0.5, 0.6) is 0 Å². The third-order valence-electron chi connectivity index (χ3n) is 3.72. The van der Waals surface area contributed by atoms with Crippen molar-refractivity contribution in [2.24, 2.45) is 0 Å². The van der Waals surface area contributed by atoms with Crippen LogP contribution in [-0.4, -0.2) is 47.0 Å². The molecule has 1 saturated heterocycles. The molecule has 0 spiro atoms. The molecule has 1 aliphatic rings. The first kappa shape index (κ1) is 16.4. The van der Waals surface area contributed by atoms with Gasteiger partial charge in [0.1, 0.15) is 0 Å². The summed E-state index contributed by atoms with van der Waals surface area (Å²) < 4.78 is 6.32. The van der Waals surface area contributed by atoms with E-state index >= 15 is 0 Å². The lowest BCUT2D eigenvalue weighted by atomic mass is 10.2. The Bertz CT molecular complexity index is 702. The molecule has 1 aliphatic heterocycles. The number of piperazine rings is 1. The molecule has 0 saturated carbocycles. The fourth-order valence-corrected chi connectivity index (χ4v) is 3.84. The van der Waals surface area contributed by atoms with Crippen molar-refractivity contribution in [2.45, 2.75) is 13.5 Å². The van der Waals surface area contributed by atoms with Crippen molar-refractivity contribution >= 4 is 39.2 Å². The van der Waals surface area contributed by atoms with Crippen molar-refractivity contribution in [1.29, 1.82) is 0 Å². The number of carbonyl (C=O) groups excluding carboxylic acids is 1. The molecular formula is C16H18BrN3O2S. The quantitative estimate of drug-likeness (QED) is 0.745. The Morgan fingerprint density at radius 3 is 2.78 bits per heavy atom. The van der Waals surface area contributed by atoms with E-state index in [4.69, 9.17) is 4.52 Å². The van der Waals surface area contributed by atoms with Gasteiger partial charge in [-0.15, -0.1) is 11.3 Å². The van der Waals surface area contributed by atoms with Crippen LogP contribution in [0.1, 0.15) is 16.3 Å². The minimum atomic E-state index is 0.0738. The van der Waals surface area contributed by atoms with Crippen molar-refractivity contribution in [1.82, 2.24) is 15.0 Å². The Morgan fingerprint density at radius 1 is 1.39 bits per heavy atom. The normalized spacial score (nSPS) is 16.3. The van der Waals surface area contributed by atoms with E-state index in [2.05, 4.69) is 26.0 Å². The van der Waals surface area contributed by atoms with Gasteiger partial charge in [-0.05, 0) is 41.1 Å². The summed E-state index contributed by atoms with van der Waals surface area (Å²) >= 11 is 5.04. The summed E-state index contributed by atoms with van der Waals surface area (Å²) in [5.41, 5.74) is 0.902. The van der Waals surface area contributed by atoms with Crippen LogP contribution in [0.2, 0.25) is 0 Å². The number of aryl methyl sites for hydroxylation is 1. The molecule has 1 amide bonds. The highest BCUT2D eigenvalue weighted by Gasteiger charge is 2.20. The molecule has 2 aromatic heterocycles. The first-order valence-electron chi connectivity index (χ1n) is 7.47. The van der Waals surface area contributed by atoms with Gasteiger partial charge < -0.3 is 9.42 Å². The van der Waals surface area contributed by atoms with E-state index in [1.165, 1.54) is 0 Å². The van der Waals surface area contributed by atoms with Crippen LogP contribution in [-0.2, 0) is 11.3 Å². The first-order valence-corrected chi connectivity index (χ1v) is 9.08. The maximum absolute atomic E-state index is 12.2. The molecule has 0 atom stereocenters. The van der Waals surface area contributed by atoms with Gasteiger partial charge in [-0.2, -0.15) is 0 Å². The highest BCUT2D eigenvalue weighted by Crippen LogP contribution is 2.23. The van der Waals surface area contributed by atoms with Gasteiger partial charge in [0.25, 0.3) is 0 Å². The maximum atomic E-state index is 12.2. The lowest BCUT2D eigenvalue weighted by Crippen LogP contribution is -2.47. The number of thiophene rings is 1. The van der Waals surface area contributed by atoms with Crippen molar-refractivity contribution in [3.8, 4) is 0 Å². The van der Waals surface area contributed by atoms with Gasteiger partial charge in [0.05, 0.1) is 16.0 Å². The van der Waals surface area contributed by atoms with E-state index in [9.17, 15) is 4.79 Å². The molecule has 0 aromatic carbocycles. The molecule has 23 heavy (non-hydrogen) atoms. The zero-order chi connectivity index (χ0) is 16.2. The Kier molecular flexibility index (Phi) is 5.30. The van der Waals surface area contributed by atoms with Crippen LogP contribution in [0, 0.1) is 6.92 Å². The van der Waals surface area contributed by atoms with Crippen LogP contribution in [0.3, 0.4) is 0 Å². The van der Waals surface area contributed by atoms with Gasteiger partial charge in [0.2, 0.25) is 5.91 Å². The molecule has 1 fully saturated rings. The highest BCUT2D eigenvalue weighted by molar-refractivity contribution is 9.11. The van der Waals surface area contributed by atoms with Gasteiger partial charge >= 0.3 is 0 Å². The van der Waals surface area contributed by atoms with Crippen LogP contribution in [0.15, 0.2) is 32.6 Å². The monoisotopic (exact) mass is 395 g/mol. The van der Waals surface area contributed by atoms with E-state index in [1.807, 2.05) is 36.1 Å². The molecule has 3 rings (SSSR count). The van der Waals surface area contributed by atoms with Crippen LogP contribution in [0.25, 0.3) is 6.08 Å². The summed E-state index contributed by atoms with van der Waals surface area (Å²) in [4.78, 5) is 17.5. The SMILES string of the molecule is Cc1cc(CN2CCN(C(=O)/C=C/c3ccc(Br)s3)CC2)on1. The average Bonchev–Trinajstić information content (AvgIpc) is 3.14. The molecule has 7 heteroatoms. The predicted octanol–water partition coefficient (Wildman–Crippen LogP) is 3.16. The summed E-state index contributed by atoms with van der Waals surface area (Å²) in [6.45, 7) is 5.85. The van der Waals surface area contributed by atoms with Gasteiger partial charge in [0, 0.05) is 43.2 Å². The van der Waals surface area contributed by atoms with Crippen LogP contribution in [0.4, 0.5) is 0 Å². The number of hydrogen-bond donors (Lipinski definition) is 0. The summed E-state index contributed by atoms with van der Waals surface area (Å²) in [7, 11) is 0. The molecule has 0 radical (unpaired) electrons. The van der Waals surface area contributed by atoms with E-state index in [0.29, 0.717) is 0 Å². The van der Waals surface area contributed by atoms with Gasteiger partial charge in [-0.25, -0.2) is 0 Å². The van der Waals surface area contributed by atoms with Gasteiger partial charge in [0.15, 0.2) is 5.76 Å². The van der Waals surface area contributed by atoms with Crippen molar-refractivity contribution in [3.05, 3.63) is 44.4 Å². The molecule has 5 nitrogen and oxygen atoms in total. The van der Waals surface area contributed by atoms with Gasteiger partial charge in [-0.1, -0.05) is 5.16 Å². The van der Waals surface area contributed by atoms with E-state index < -0.39 is 0 Å². The van der Waals surface area contributed by atoms with E-state index in [-0.39, 0.29) is 5.91 Å². The summed E-state index contributed by atoms with van der Waals surface area (Å²) in [6, 6.07) is 5.94. The largest absolute Gasteiger partial charge is 0.360 e. The lowest BCUT2D eigenvalue weighted by Gasteiger charge is -2.33. The standard InChI is InChI=1S/C16H18BrN3O2S/c1-12-10-13(22-18-12)11-19-6-8-20(9-7-19)16(21)5-3-14-2-4-15(17)23-14/h2-5,10H,6-9,11H2,1H3/b5-3+. The van der Waals surface area contributed by atoms with Crippen molar-refractivity contribution < 1.29 is 9.32 Å². The fraction of sp³-hybridized carbons (Fsp3) is 0.375. The molecule has 122 valence electrons. The molecule has 2 aromatic rings. The second kappa shape index (κ2) is 7.42. The van der Waals surface area contributed by atoms with E-state index in [1.54, 1.807) is 17.4 Å². The zero-order valence-corrected chi connectivity index (χ0v) is 15.3. The number of hydrogen-bond acceptors (Lipinski definition) is 5. The van der Waals surface area contributed by atoms with Crippen molar-refractivity contribution in [2.75, 3.05) is 26.2 Å². The van der Waals surface area contributed by atoms with Gasteiger partial charge in [-0.3, -0.25) is 9.69 Å².